The summed E-state index contributed by atoms with van der Waals surface area (Å²) in [6.45, 7) is 3.59. The number of benzene rings is 1. The molecule has 0 radical (unpaired) electrons. The summed E-state index contributed by atoms with van der Waals surface area (Å²) in [5.41, 5.74) is 7.07. The highest BCUT2D eigenvalue weighted by atomic mass is 32.2. The molecule has 0 aliphatic carbocycles. The molecule has 1 aromatic heterocycles. The van der Waals surface area contributed by atoms with Gasteiger partial charge in [0.25, 0.3) is 5.82 Å². The van der Waals surface area contributed by atoms with Crippen LogP contribution in [0.2, 0.25) is 0 Å². The van der Waals surface area contributed by atoms with Crippen LogP contribution in [0.5, 0.6) is 0 Å². The smallest absolute Gasteiger partial charge is 0.270 e. The van der Waals surface area contributed by atoms with Gasteiger partial charge in [0.15, 0.2) is 0 Å². The van der Waals surface area contributed by atoms with Crippen molar-refractivity contribution in [3.05, 3.63) is 53.7 Å². The quantitative estimate of drug-likeness (QED) is 0.796. The van der Waals surface area contributed by atoms with Gasteiger partial charge in [0.05, 0.1) is 11.1 Å². The van der Waals surface area contributed by atoms with Crippen molar-refractivity contribution in [3.63, 3.8) is 0 Å². The molecule has 19 heavy (non-hydrogen) atoms. The summed E-state index contributed by atoms with van der Waals surface area (Å²) >= 11 is 0. The number of nitrogens with one attached hydrogen (secondary N) is 1. The Balaban J connectivity index is 0.000000200. The summed E-state index contributed by atoms with van der Waals surface area (Å²) < 4.78 is 31.5. The minimum Gasteiger partial charge on any atom is -0.744 e. The van der Waals surface area contributed by atoms with Crippen molar-refractivity contribution < 1.29 is 18.0 Å². The monoisotopic (exact) mass is 280 g/mol. The Hall–Kier alpha value is -1.92. The van der Waals surface area contributed by atoms with Crippen molar-refractivity contribution in [1.29, 1.82) is 0 Å². The molecular formula is C13H16N2O3S. The van der Waals surface area contributed by atoms with E-state index in [4.69, 9.17) is 5.73 Å². The van der Waals surface area contributed by atoms with Crippen LogP contribution < -0.4 is 10.7 Å². The molecule has 0 aliphatic rings. The maximum absolute atomic E-state index is 10.5. The zero-order chi connectivity index (χ0) is 14.5. The molecule has 0 spiro atoms. The van der Waals surface area contributed by atoms with E-state index in [-0.39, 0.29) is 4.90 Å². The van der Waals surface area contributed by atoms with Crippen LogP contribution in [-0.4, -0.2) is 13.0 Å². The minimum absolute atomic E-state index is 0.139. The predicted molar refractivity (Wildman–Crippen MR) is 71.3 cm³/mol. The number of aromatic amines is 1. The number of hydrogen-bond donors (Lipinski definition) is 1. The van der Waals surface area contributed by atoms with Crippen LogP contribution in [-0.2, 0) is 10.1 Å². The van der Waals surface area contributed by atoms with Gasteiger partial charge < -0.3 is 4.55 Å². The average Bonchev–Trinajstić information content (AvgIpc) is 2.28. The van der Waals surface area contributed by atoms with Gasteiger partial charge in [-0.15, -0.1) is 0 Å². The van der Waals surface area contributed by atoms with Gasteiger partial charge in [-0.3, -0.25) is 5.73 Å². The number of hydrogen-bond acceptors (Lipinski definition) is 4. The Morgan fingerprint density at radius 2 is 1.79 bits per heavy atom. The molecular weight excluding hydrogens is 264 g/mol. The van der Waals surface area contributed by atoms with Crippen LogP contribution in [0.1, 0.15) is 11.1 Å². The van der Waals surface area contributed by atoms with E-state index in [1.54, 1.807) is 19.1 Å². The minimum atomic E-state index is -4.28. The van der Waals surface area contributed by atoms with Crippen molar-refractivity contribution in [2.24, 2.45) is 0 Å². The normalized spacial score (nSPS) is 10.5. The van der Waals surface area contributed by atoms with Gasteiger partial charge in [0, 0.05) is 6.07 Å². The second kappa shape index (κ2) is 6.31. The van der Waals surface area contributed by atoms with E-state index in [1.165, 1.54) is 17.7 Å². The lowest BCUT2D eigenvalue weighted by Crippen LogP contribution is -2.08. The van der Waals surface area contributed by atoms with Crippen molar-refractivity contribution >= 4 is 15.9 Å². The third-order valence-corrected chi connectivity index (χ3v) is 3.34. The lowest BCUT2D eigenvalue weighted by Gasteiger charge is -2.08. The highest BCUT2D eigenvalue weighted by molar-refractivity contribution is 7.85. The lowest BCUT2D eigenvalue weighted by molar-refractivity contribution is -0.360. The molecule has 0 saturated heterocycles. The van der Waals surface area contributed by atoms with E-state index in [2.05, 4.69) is 4.98 Å². The molecule has 1 aromatic carbocycles. The van der Waals surface area contributed by atoms with E-state index < -0.39 is 10.1 Å². The van der Waals surface area contributed by atoms with Gasteiger partial charge in [-0.25, -0.2) is 13.4 Å². The van der Waals surface area contributed by atoms with Gasteiger partial charge in [-0.05, 0) is 37.1 Å². The molecule has 2 rings (SSSR count). The van der Waals surface area contributed by atoms with Crippen LogP contribution in [0.3, 0.4) is 0 Å². The van der Waals surface area contributed by atoms with Crippen LogP contribution in [0.4, 0.5) is 5.82 Å². The number of H-pyrrole nitrogens is 1. The highest BCUT2D eigenvalue weighted by Crippen LogP contribution is 2.12. The van der Waals surface area contributed by atoms with Crippen molar-refractivity contribution in [3.8, 4) is 0 Å². The van der Waals surface area contributed by atoms with Gasteiger partial charge in [0.1, 0.15) is 10.1 Å². The number of aryl methyl sites for hydroxylation is 2. The number of nitrogens with two attached hydrogens (primary N) is 1. The first kappa shape index (κ1) is 15.1. The van der Waals surface area contributed by atoms with Gasteiger partial charge >= 0.3 is 0 Å². The maximum atomic E-state index is 10.5. The molecule has 0 saturated carbocycles. The van der Waals surface area contributed by atoms with Crippen molar-refractivity contribution in [2.75, 3.05) is 5.73 Å². The largest absolute Gasteiger partial charge is 0.744 e. The van der Waals surface area contributed by atoms with Crippen LogP contribution in [0, 0.1) is 13.8 Å². The zero-order valence-electron chi connectivity index (χ0n) is 10.8. The molecule has 1 heterocycles. The third kappa shape index (κ3) is 5.07. The van der Waals surface area contributed by atoms with E-state index >= 15 is 0 Å². The van der Waals surface area contributed by atoms with E-state index in [0.29, 0.717) is 11.4 Å². The summed E-state index contributed by atoms with van der Waals surface area (Å²) in [5.74, 6) is 0.713. The average molecular weight is 280 g/mol. The fraction of sp³-hybridized carbons (Fsp3) is 0.154. The Kier molecular flexibility index (Phi) is 5.02. The molecule has 102 valence electrons. The summed E-state index contributed by atoms with van der Waals surface area (Å²) in [6, 6.07) is 9.96. The first-order valence-corrected chi connectivity index (χ1v) is 6.97. The van der Waals surface area contributed by atoms with Gasteiger partial charge in [-0.1, -0.05) is 18.2 Å². The van der Waals surface area contributed by atoms with Gasteiger partial charge in [0.2, 0.25) is 0 Å². The molecule has 0 unspecified atom stereocenters. The molecule has 5 nitrogen and oxygen atoms in total. The second-order valence-corrected chi connectivity index (χ2v) is 5.39. The summed E-state index contributed by atoms with van der Waals surface area (Å²) in [6.07, 6.45) is 1.82. The third-order valence-electron chi connectivity index (χ3n) is 2.34. The standard InChI is InChI=1S/C7H8O3S.C6H8N2/c1-6-4-2-3-5-7(6)11(8,9)10;1-5-2-3-8-6(7)4-5/h2-5H,1H3,(H,8,9,10);2-4H,1H3,(H2,7,8). The summed E-state index contributed by atoms with van der Waals surface area (Å²) in [5, 5.41) is 0. The molecule has 0 atom stereocenters. The molecule has 0 bridgehead atoms. The van der Waals surface area contributed by atoms with Crippen LogP contribution in [0.25, 0.3) is 0 Å². The van der Waals surface area contributed by atoms with E-state index in [9.17, 15) is 13.0 Å². The molecule has 6 heteroatoms. The van der Waals surface area contributed by atoms with Crippen molar-refractivity contribution in [1.82, 2.24) is 0 Å². The number of nitrogen functional groups attached to an aromatic ring is 1. The van der Waals surface area contributed by atoms with E-state index in [0.717, 1.165) is 0 Å². The second-order valence-electron chi connectivity index (χ2n) is 4.04. The summed E-state index contributed by atoms with van der Waals surface area (Å²) in [7, 11) is -4.28. The fourth-order valence-electron chi connectivity index (χ4n) is 1.44. The Morgan fingerprint density at radius 3 is 2.16 bits per heavy atom. The van der Waals surface area contributed by atoms with Crippen LogP contribution in [0.15, 0.2) is 47.5 Å². The topological polar surface area (TPSA) is 97.4 Å². The van der Waals surface area contributed by atoms with Crippen LogP contribution >= 0.6 is 0 Å². The Bertz CT molecular complexity index is 637. The number of rotatable bonds is 1. The van der Waals surface area contributed by atoms with Crippen molar-refractivity contribution in [2.45, 2.75) is 18.7 Å². The van der Waals surface area contributed by atoms with Gasteiger partial charge in [-0.2, -0.15) is 0 Å². The number of pyridine rings is 1. The molecule has 0 aliphatic heterocycles. The molecule has 3 N–H and O–H groups in total. The fourth-order valence-corrected chi connectivity index (χ4v) is 2.15. The number of anilines is 1. The zero-order valence-corrected chi connectivity index (χ0v) is 11.6. The molecule has 0 amide bonds. The molecule has 2 aromatic rings. The SMILES string of the molecule is Cc1cc[nH+]c(N)c1.Cc1ccccc1S(=O)(=O)[O-]. The first-order chi connectivity index (χ1) is 8.80. The Morgan fingerprint density at radius 1 is 1.16 bits per heavy atom. The van der Waals surface area contributed by atoms with E-state index in [1.807, 2.05) is 25.3 Å². The molecule has 0 fully saturated rings. The Labute approximate surface area is 112 Å². The maximum Gasteiger partial charge on any atom is 0.270 e. The summed E-state index contributed by atoms with van der Waals surface area (Å²) in [4.78, 5) is 2.71. The number of aromatic nitrogens is 1. The highest BCUT2D eigenvalue weighted by Gasteiger charge is 2.02. The predicted octanol–water partition coefficient (Wildman–Crippen LogP) is 1.29. The first-order valence-electron chi connectivity index (χ1n) is 5.56. The lowest BCUT2D eigenvalue weighted by atomic mass is 10.2.